The van der Waals surface area contributed by atoms with Crippen LogP contribution in [0, 0.1) is 12.3 Å². The van der Waals surface area contributed by atoms with E-state index in [4.69, 9.17) is 4.52 Å². The number of aliphatic hydroxyl groups is 1. The van der Waals surface area contributed by atoms with Crippen LogP contribution < -0.4 is 0 Å². The Hall–Kier alpha value is -0.940. The zero-order valence-corrected chi connectivity index (χ0v) is 9.94. The Balaban J connectivity index is 1.95. The Bertz CT molecular complexity index is 353. The monoisotopic (exact) mass is 225 g/mol. The van der Waals surface area contributed by atoms with E-state index >= 15 is 0 Å². The molecule has 1 fully saturated rings. The van der Waals surface area contributed by atoms with E-state index < -0.39 is 0 Å². The molecule has 1 aliphatic heterocycles. The quantitative estimate of drug-likeness (QED) is 0.830. The van der Waals surface area contributed by atoms with Crippen molar-refractivity contribution in [2.45, 2.75) is 33.2 Å². The van der Waals surface area contributed by atoms with Crippen LogP contribution >= 0.6 is 0 Å². The molecule has 1 aromatic rings. The van der Waals surface area contributed by atoms with Gasteiger partial charge in [-0.2, -0.15) is 4.98 Å². The van der Waals surface area contributed by atoms with Gasteiger partial charge in [0.15, 0.2) is 5.82 Å². The molecular formula is C11H19N3O2. The van der Waals surface area contributed by atoms with Crippen molar-refractivity contribution in [2.24, 2.45) is 5.41 Å². The molecule has 0 bridgehead atoms. The maximum Gasteiger partial charge on any atom is 0.240 e. The van der Waals surface area contributed by atoms with Crippen molar-refractivity contribution in [2.75, 3.05) is 19.7 Å². The average molecular weight is 225 g/mol. The number of hydrogen-bond acceptors (Lipinski definition) is 5. The Labute approximate surface area is 95.4 Å². The van der Waals surface area contributed by atoms with Gasteiger partial charge in [0.1, 0.15) is 0 Å². The summed E-state index contributed by atoms with van der Waals surface area (Å²) in [5.41, 5.74) is 0.0211. The second-order valence-corrected chi connectivity index (χ2v) is 5.02. The largest absolute Gasteiger partial charge is 0.396 e. The van der Waals surface area contributed by atoms with E-state index in [1.807, 2.05) is 6.92 Å². The van der Waals surface area contributed by atoms with E-state index in [0.29, 0.717) is 18.3 Å². The lowest BCUT2D eigenvalue weighted by Gasteiger charge is -2.38. The second kappa shape index (κ2) is 4.51. The average Bonchev–Trinajstić information content (AvgIpc) is 2.64. The molecule has 0 spiro atoms. The summed E-state index contributed by atoms with van der Waals surface area (Å²) in [6.07, 6.45) is 2.20. The van der Waals surface area contributed by atoms with Crippen LogP contribution in [0.25, 0.3) is 0 Å². The highest BCUT2D eigenvalue weighted by Gasteiger charge is 2.30. The van der Waals surface area contributed by atoms with Crippen LogP contribution in [-0.2, 0) is 6.54 Å². The van der Waals surface area contributed by atoms with E-state index in [0.717, 1.165) is 25.9 Å². The lowest BCUT2D eigenvalue weighted by atomic mass is 9.83. The molecule has 1 unspecified atom stereocenters. The zero-order valence-electron chi connectivity index (χ0n) is 9.94. The first-order valence-electron chi connectivity index (χ1n) is 5.74. The summed E-state index contributed by atoms with van der Waals surface area (Å²) in [6.45, 7) is 6.81. The second-order valence-electron chi connectivity index (χ2n) is 5.02. The summed E-state index contributed by atoms with van der Waals surface area (Å²) in [5.74, 6) is 1.34. The Morgan fingerprint density at radius 3 is 3.00 bits per heavy atom. The molecule has 1 saturated heterocycles. The van der Waals surface area contributed by atoms with Crippen LogP contribution in [-0.4, -0.2) is 39.8 Å². The zero-order chi connectivity index (χ0) is 11.6. The predicted molar refractivity (Wildman–Crippen MR) is 58.7 cm³/mol. The lowest BCUT2D eigenvalue weighted by molar-refractivity contribution is 0.0382. The minimum absolute atomic E-state index is 0.0211. The third kappa shape index (κ3) is 2.59. The predicted octanol–water partition coefficient (Wildman–Crippen LogP) is 0.972. The van der Waals surface area contributed by atoms with E-state index in [-0.39, 0.29) is 12.0 Å². The van der Waals surface area contributed by atoms with Crippen LogP contribution in [0.2, 0.25) is 0 Å². The third-order valence-electron chi connectivity index (χ3n) is 3.17. The number of hydrogen-bond donors (Lipinski definition) is 1. The summed E-state index contributed by atoms with van der Waals surface area (Å²) in [7, 11) is 0. The standard InChI is InChI=1S/C11H19N3O2/c1-9-12-10(16-13-9)6-14-5-3-4-11(2,7-14)8-15/h15H,3-8H2,1-2H3. The topological polar surface area (TPSA) is 62.4 Å². The first-order valence-corrected chi connectivity index (χ1v) is 5.74. The van der Waals surface area contributed by atoms with E-state index in [1.54, 1.807) is 0 Å². The molecule has 1 N–H and O–H groups in total. The van der Waals surface area contributed by atoms with Crippen LogP contribution in [0.3, 0.4) is 0 Å². The highest BCUT2D eigenvalue weighted by Crippen LogP contribution is 2.29. The summed E-state index contributed by atoms with van der Waals surface area (Å²) in [4.78, 5) is 6.47. The van der Waals surface area contributed by atoms with Crippen molar-refractivity contribution in [3.05, 3.63) is 11.7 Å². The number of piperidine rings is 1. The number of aryl methyl sites for hydroxylation is 1. The first kappa shape index (κ1) is 11.5. The van der Waals surface area contributed by atoms with Crippen molar-refractivity contribution < 1.29 is 9.63 Å². The normalized spacial score (nSPS) is 27.2. The highest BCUT2D eigenvalue weighted by molar-refractivity contribution is 4.87. The van der Waals surface area contributed by atoms with E-state index in [9.17, 15) is 5.11 Å². The summed E-state index contributed by atoms with van der Waals surface area (Å²) in [5, 5.41) is 13.1. The van der Waals surface area contributed by atoms with Gasteiger partial charge in [-0.25, -0.2) is 0 Å². The third-order valence-corrected chi connectivity index (χ3v) is 3.17. The van der Waals surface area contributed by atoms with Crippen LogP contribution in [0.15, 0.2) is 4.52 Å². The van der Waals surface area contributed by atoms with Gasteiger partial charge in [0.25, 0.3) is 0 Å². The number of aromatic nitrogens is 2. The molecule has 2 heterocycles. The fourth-order valence-electron chi connectivity index (χ4n) is 2.29. The van der Waals surface area contributed by atoms with Gasteiger partial charge in [-0.3, -0.25) is 4.90 Å². The minimum atomic E-state index is 0.0211. The van der Waals surface area contributed by atoms with Gasteiger partial charge in [0.05, 0.1) is 6.54 Å². The fourth-order valence-corrected chi connectivity index (χ4v) is 2.29. The van der Waals surface area contributed by atoms with Crippen LogP contribution in [0.4, 0.5) is 0 Å². The number of aliphatic hydroxyl groups excluding tert-OH is 1. The lowest BCUT2D eigenvalue weighted by Crippen LogP contribution is -2.43. The van der Waals surface area contributed by atoms with E-state index in [1.165, 1.54) is 0 Å². The molecule has 16 heavy (non-hydrogen) atoms. The Morgan fingerprint density at radius 2 is 2.38 bits per heavy atom. The molecule has 1 aliphatic rings. The number of likely N-dealkylation sites (tertiary alicyclic amines) is 1. The van der Waals surface area contributed by atoms with E-state index in [2.05, 4.69) is 22.0 Å². The van der Waals surface area contributed by atoms with Gasteiger partial charge in [-0.15, -0.1) is 0 Å². The molecule has 2 rings (SSSR count). The Kier molecular flexibility index (Phi) is 3.25. The van der Waals surface area contributed by atoms with Crippen molar-refractivity contribution in [1.29, 1.82) is 0 Å². The van der Waals surface area contributed by atoms with Gasteiger partial charge in [-0.1, -0.05) is 12.1 Å². The van der Waals surface area contributed by atoms with Crippen LogP contribution in [0.5, 0.6) is 0 Å². The number of nitrogens with zero attached hydrogens (tertiary/aromatic N) is 3. The van der Waals surface area contributed by atoms with Gasteiger partial charge < -0.3 is 9.63 Å². The summed E-state index contributed by atoms with van der Waals surface area (Å²) in [6, 6.07) is 0. The smallest absolute Gasteiger partial charge is 0.240 e. The molecule has 5 nitrogen and oxygen atoms in total. The molecule has 0 aromatic carbocycles. The molecule has 1 atom stereocenters. The molecule has 0 aliphatic carbocycles. The van der Waals surface area contributed by atoms with Crippen molar-refractivity contribution in [3.8, 4) is 0 Å². The van der Waals surface area contributed by atoms with Crippen molar-refractivity contribution >= 4 is 0 Å². The van der Waals surface area contributed by atoms with Crippen molar-refractivity contribution in [3.63, 3.8) is 0 Å². The summed E-state index contributed by atoms with van der Waals surface area (Å²) >= 11 is 0. The maximum absolute atomic E-state index is 9.36. The molecule has 0 saturated carbocycles. The van der Waals surface area contributed by atoms with Gasteiger partial charge in [0.2, 0.25) is 5.89 Å². The maximum atomic E-state index is 9.36. The van der Waals surface area contributed by atoms with Gasteiger partial charge in [-0.05, 0) is 26.3 Å². The SMILES string of the molecule is Cc1noc(CN2CCCC(C)(CO)C2)n1. The molecule has 0 radical (unpaired) electrons. The fraction of sp³-hybridized carbons (Fsp3) is 0.818. The highest BCUT2D eigenvalue weighted by atomic mass is 16.5. The molecule has 1 aromatic heterocycles. The van der Waals surface area contributed by atoms with Gasteiger partial charge in [0, 0.05) is 18.6 Å². The first-order chi connectivity index (χ1) is 7.61. The van der Waals surface area contributed by atoms with Crippen LogP contribution in [0.1, 0.15) is 31.5 Å². The molecule has 90 valence electrons. The molecule has 5 heteroatoms. The summed E-state index contributed by atoms with van der Waals surface area (Å²) < 4.78 is 5.10. The van der Waals surface area contributed by atoms with Gasteiger partial charge >= 0.3 is 0 Å². The molecular weight excluding hydrogens is 206 g/mol. The minimum Gasteiger partial charge on any atom is -0.396 e. The molecule has 0 amide bonds. The Morgan fingerprint density at radius 1 is 1.56 bits per heavy atom. The number of rotatable bonds is 3. The van der Waals surface area contributed by atoms with Crippen molar-refractivity contribution in [1.82, 2.24) is 15.0 Å².